The van der Waals surface area contributed by atoms with Crippen LogP contribution in [-0.4, -0.2) is 159 Å². The number of hydrogen-bond donors (Lipinski definition) is 4. The Morgan fingerprint density at radius 2 is 1.08 bits per heavy atom. The number of aliphatic hydroxyl groups excluding tert-OH is 2. The van der Waals surface area contributed by atoms with E-state index < -0.39 is 74.7 Å². The maximum absolute atomic E-state index is 12.0. The topological polar surface area (TPSA) is 335 Å². The van der Waals surface area contributed by atoms with Gasteiger partial charge in [0.2, 0.25) is 0 Å². The zero-order chi connectivity index (χ0) is 68.3. The van der Waals surface area contributed by atoms with E-state index in [0.29, 0.717) is 58.0 Å². The van der Waals surface area contributed by atoms with Crippen LogP contribution in [0.5, 0.6) is 0 Å². The van der Waals surface area contributed by atoms with E-state index in [9.17, 15) is 58.2 Å². The number of carboxylic acids is 2. The number of aliphatic hydroxyl groups is 2. The normalized spacial score (nSPS) is 19.4. The largest absolute Gasteiger partial charge is 0.481 e. The van der Waals surface area contributed by atoms with Crippen LogP contribution in [-0.2, 0) is 90.6 Å². The Morgan fingerprint density at radius 1 is 0.628 bits per heavy atom. The van der Waals surface area contributed by atoms with Crippen LogP contribution in [0.15, 0.2) is 24.8 Å². The number of aliphatic carboxylic acids is 2. The predicted octanol–water partition coefficient (Wildman–Crippen LogP) is 9.37. The van der Waals surface area contributed by atoms with Crippen molar-refractivity contribution in [3.8, 4) is 0 Å². The lowest BCUT2D eigenvalue weighted by atomic mass is 9.69. The van der Waals surface area contributed by atoms with Crippen LogP contribution in [0.4, 0.5) is 0 Å². The molecule has 0 aromatic rings. The molecule has 1 saturated carbocycles. The van der Waals surface area contributed by atoms with E-state index in [1.54, 1.807) is 48.5 Å². The average Bonchev–Trinajstić information content (AvgIpc) is 1.11. The molecule has 1 saturated heterocycles. The van der Waals surface area contributed by atoms with Gasteiger partial charge in [0.15, 0.2) is 0 Å². The second-order valence-electron chi connectivity index (χ2n) is 24.8. The zero-order valence-corrected chi connectivity index (χ0v) is 55.9. The van der Waals surface area contributed by atoms with Gasteiger partial charge in [0.1, 0.15) is 32.0 Å². The molecule has 2 fully saturated rings. The second kappa shape index (κ2) is 41.3. The number of carbonyl (C=O) groups is 10. The zero-order valence-electron chi connectivity index (χ0n) is 55.9. The molecule has 4 N–H and O–H groups in total. The third-order valence-corrected chi connectivity index (χ3v) is 15.4. The van der Waals surface area contributed by atoms with Gasteiger partial charge < -0.3 is 63.1 Å². The van der Waals surface area contributed by atoms with Gasteiger partial charge in [-0.3, -0.25) is 38.4 Å². The number of carboxylic acid groups (broad SMARTS) is 2. The monoisotopic (exact) mass is 1230 g/mol. The standard InChI is InChI=1S/C16H26O5.C13H22O5.C12H20O5.C9H16O4.C7H14O2.C6H12O2/c1-5-14(18)20-10-11-7-8-13(12(17)9-11)21-15(19)16(3,4)6-2;1-6-13(4,5)12(16)18-8-10(14)7-17-11(15)9(2)3;1-5-12(10(14)16-4)6-11(2,7-17-8-12)9(13)15-3;1-4-9(2,3)8(12)13-6-5-7(10)11;1-5-7(2,3)6(8)9-4;1-4-6(2,3)5(7)8/h5,11-13,17H,1,6-10H2,2-4H3;10,14H,2,6-8H2,1,3-5H3;5-8H2,1-4H3;4-6H2,1-3H3,(H,10,11);5H2,1-4H3;4H2,1-3H3,(H,7,8). The fourth-order valence-electron chi connectivity index (χ4n) is 6.61. The molecule has 1 aliphatic heterocycles. The molecule has 2 aliphatic rings. The molecule has 0 aromatic carbocycles. The molecular weight excluding hydrogens is 1120 g/mol. The van der Waals surface area contributed by atoms with Crippen molar-refractivity contribution in [2.24, 2.45) is 43.8 Å². The second-order valence-corrected chi connectivity index (χ2v) is 24.8. The van der Waals surface area contributed by atoms with Crippen molar-refractivity contribution in [2.75, 3.05) is 61.0 Å². The van der Waals surface area contributed by atoms with Crippen molar-refractivity contribution >= 4 is 59.7 Å². The van der Waals surface area contributed by atoms with Gasteiger partial charge in [0.25, 0.3) is 0 Å². The average molecular weight is 1240 g/mol. The van der Waals surface area contributed by atoms with E-state index in [2.05, 4.69) is 17.9 Å². The quantitative estimate of drug-likeness (QED) is 0.0375. The van der Waals surface area contributed by atoms with Gasteiger partial charge in [-0.1, -0.05) is 54.7 Å². The molecule has 0 radical (unpaired) electrons. The third kappa shape index (κ3) is 33.3. The Balaban J connectivity index is -0.000000483. The molecule has 1 heterocycles. The highest BCUT2D eigenvalue weighted by Gasteiger charge is 2.52. The number of methoxy groups -OCH3 is 3. The molecule has 23 nitrogen and oxygen atoms in total. The minimum atomic E-state index is -1.02. The summed E-state index contributed by atoms with van der Waals surface area (Å²) in [4.78, 5) is 112. The smallest absolute Gasteiger partial charge is 0.333 e. The third-order valence-electron chi connectivity index (χ3n) is 15.4. The minimum Gasteiger partial charge on any atom is -0.481 e. The summed E-state index contributed by atoms with van der Waals surface area (Å²) in [5, 5.41) is 36.3. The minimum absolute atomic E-state index is 0.0441. The van der Waals surface area contributed by atoms with Crippen LogP contribution < -0.4 is 0 Å². The lowest BCUT2D eigenvalue weighted by molar-refractivity contribution is -0.181. The van der Waals surface area contributed by atoms with Crippen LogP contribution in [0, 0.1) is 43.8 Å². The molecule has 86 heavy (non-hydrogen) atoms. The number of esters is 8. The molecule has 23 heteroatoms. The van der Waals surface area contributed by atoms with Crippen LogP contribution in [0.1, 0.15) is 195 Å². The van der Waals surface area contributed by atoms with Crippen molar-refractivity contribution < 1.29 is 111 Å². The molecule has 2 rings (SSSR count). The van der Waals surface area contributed by atoms with E-state index in [1.165, 1.54) is 28.3 Å². The molecule has 6 unspecified atom stereocenters. The van der Waals surface area contributed by atoms with Gasteiger partial charge >= 0.3 is 59.7 Å². The van der Waals surface area contributed by atoms with Crippen molar-refractivity contribution in [3.63, 3.8) is 0 Å². The fraction of sp³-hybridized carbons (Fsp3) is 0.778. The van der Waals surface area contributed by atoms with Crippen LogP contribution in [0.25, 0.3) is 0 Å². The predicted molar refractivity (Wildman–Crippen MR) is 321 cm³/mol. The van der Waals surface area contributed by atoms with Crippen molar-refractivity contribution in [1.82, 2.24) is 0 Å². The van der Waals surface area contributed by atoms with Crippen LogP contribution >= 0.6 is 0 Å². The van der Waals surface area contributed by atoms with E-state index >= 15 is 0 Å². The number of hydrogen-bond acceptors (Lipinski definition) is 21. The number of carbonyl (C=O) groups excluding carboxylic acids is 8. The highest BCUT2D eigenvalue weighted by atomic mass is 16.6. The number of ether oxygens (including phenoxy) is 9. The Morgan fingerprint density at radius 3 is 1.45 bits per heavy atom. The molecule has 0 spiro atoms. The Kier molecular flexibility index (Phi) is 41.5. The Labute approximate surface area is 512 Å². The summed E-state index contributed by atoms with van der Waals surface area (Å²) in [6, 6.07) is 0. The molecule has 500 valence electrons. The molecule has 0 aromatic heterocycles. The van der Waals surface area contributed by atoms with Crippen LogP contribution in [0.2, 0.25) is 0 Å². The summed E-state index contributed by atoms with van der Waals surface area (Å²) in [6.45, 7) is 39.8. The van der Waals surface area contributed by atoms with Crippen LogP contribution in [0.3, 0.4) is 0 Å². The van der Waals surface area contributed by atoms with E-state index in [-0.39, 0.29) is 92.2 Å². The van der Waals surface area contributed by atoms with E-state index in [4.69, 9.17) is 48.1 Å². The first-order valence-electron chi connectivity index (χ1n) is 29.2. The van der Waals surface area contributed by atoms with Gasteiger partial charge in [-0.2, -0.15) is 0 Å². The SMILES string of the molecule is C=C(C)C(=O)OCC(O)COC(=O)C(C)(C)CC.C=CC(=O)OCC1CCC(OC(=O)C(C)(C)CC)C(O)C1.CCC(C)(C)C(=O)O.CCC(C)(C)C(=O)OC.CCC(C)(C)C(=O)OCCC(=O)O.CCC1(C(=O)OC)COCC(C)(C(=O)OC)C1. The maximum Gasteiger partial charge on any atom is 0.333 e. The van der Waals surface area contributed by atoms with Crippen molar-refractivity contribution in [1.29, 1.82) is 0 Å². The Bertz CT molecular complexity index is 2160. The first-order valence-corrected chi connectivity index (χ1v) is 29.2. The van der Waals surface area contributed by atoms with E-state index in [1.807, 2.05) is 69.2 Å². The molecule has 0 amide bonds. The first kappa shape index (κ1) is 86.5. The summed E-state index contributed by atoms with van der Waals surface area (Å²) in [6.07, 6.45) is 5.10. The highest BCUT2D eigenvalue weighted by molar-refractivity contribution is 5.87. The number of rotatable bonds is 25. The molecule has 1 aliphatic carbocycles. The summed E-state index contributed by atoms with van der Waals surface area (Å²) >= 11 is 0. The lowest BCUT2D eigenvalue weighted by Crippen LogP contribution is -2.50. The summed E-state index contributed by atoms with van der Waals surface area (Å²) in [5.74, 6) is -4.41. The molecule has 6 atom stereocenters. The molecular formula is C63H110O23. The lowest BCUT2D eigenvalue weighted by Gasteiger charge is -2.42. The fourth-order valence-corrected chi connectivity index (χ4v) is 6.61. The van der Waals surface area contributed by atoms with E-state index in [0.717, 1.165) is 18.9 Å². The van der Waals surface area contributed by atoms with Gasteiger partial charge in [0.05, 0.1) is 91.6 Å². The first-order chi connectivity index (χ1) is 39.4. The summed E-state index contributed by atoms with van der Waals surface area (Å²) in [7, 11) is 4.11. The summed E-state index contributed by atoms with van der Waals surface area (Å²) < 4.78 is 44.5. The van der Waals surface area contributed by atoms with Gasteiger partial charge in [-0.25, -0.2) is 9.59 Å². The van der Waals surface area contributed by atoms with Crippen molar-refractivity contribution in [2.45, 2.75) is 214 Å². The van der Waals surface area contributed by atoms with Crippen molar-refractivity contribution in [3.05, 3.63) is 24.8 Å². The maximum atomic E-state index is 12.0. The van der Waals surface area contributed by atoms with Gasteiger partial charge in [0, 0.05) is 11.6 Å². The van der Waals surface area contributed by atoms with Gasteiger partial charge in [-0.05, 0) is 153 Å². The summed E-state index contributed by atoms with van der Waals surface area (Å²) in [5.41, 5.74) is -3.74. The van der Waals surface area contributed by atoms with Gasteiger partial charge in [-0.15, -0.1) is 0 Å². The molecule has 0 bridgehead atoms. The Hall–Kier alpha value is -5.94. The highest BCUT2D eigenvalue weighted by Crippen LogP contribution is 2.43.